The van der Waals surface area contributed by atoms with Crippen LogP contribution < -0.4 is 9.54 Å². The number of amides is 1. The third kappa shape index (κ3) is 2.77. The van der Waals surface area contributed by atoms with E-state index in [1.165, 1.54) is 11.3 Å². The van der Waals surface area contributed by atoms with Crippen molar-refractivity contribution in [2.45, 2.75) is 33.7 Å². The molecule has 0 N–H and O–H groups in total. The highest BCUT2D eigenvalue weighted by molar-refractivity contribution is 7.16. The number of aryl methyl sites for hydroxylation is 1. The standard InChI is InChI=1S/C15H20N2O2S/c1-5-9-17-13-11(19-4)7-6-8-12(13)20-15(17)16-14(18)10(2)3/h6-8,10H,5,9H2,1-4H3. The van der Waals surface area contributed by atoms with Gasteiger partial charge in [0.25, 0.3) is 5.91 Å². The second-order valence-corrected chi connectivity index (χ2v) is 5.96. The fourth-order valence-corrected chi connectivity index (χ4v) is 3.08. The van der Waals surface area contributed by atoms with Gasteiger partial charge in [-0.2, -0.15) is 4.99 Å². The molecule has 20 heavy (non-hydrogen) atoms. The van der Waals surface area contributed by atoms with Gasteiger partial charge in [-0.15, -0.1) is 0 Å². The number of methoxy groups -OCH3 is 1. The van der Waals surface area contributed by atoms with E-state index >= 15 is 0 Å². The third-order valence-electron chi connectivity index (χ3n) is 3.03. The van der Waals surface area contributed by atoms with Crippen LogP contribution in [-0.2, 0) is 11.3 Å². The Morgan fingerprint density at radius 3 is 2.80 bits per heavy atom. The number of hydrogen-bond acceptors (Lipinski definition) is 3. The van der Waals surface area contributed by atoms with Crippen LogP contribution in [-0.4, -0.2) is 17.6 Å². The van der Waals surface area contributed by atoms with E-state index in [9.17, 15) is 4.79 Å². The van der Waals surface area contributed by atoms with Crippen LogP contribution in [0.1, 0.15) is 27.2 Å². The van der Waals surface area contributed by atoms with Gasteiger partial charge in [0.1, 0.15) is 11.3 Å². The van der Waals surface area contributed by atoms with Gasteiger partial charge in [0, 0.05) is 12.5 Å². The lowest BCUT2D eigenvalue weighted by molar-refractivity contribution is -0.120. The number of fused-ring (bicyclic) bond motifs is 1. The average Bonchev–Trinajstić information content (AvgIpc) is 2.77. The van der Waals surface area contributed by atoms with Crippen molar-refractivity contribution in [1.29, 1.82) is 0 Å². The molecule has 0 bridgehead atoms. The van der Waals surface area contributed by atoms with Gasteiger partial charge in [-0.05, 0) is 18.6 Å². The SMILES string of the molecule is CCCn1c(=NC(=O)C(C)C)sc2cccc(OC)c21. The number of hydrogen-bond donors (Lipinski definition) is 0. The van der Waals surface area contributed by atoms with E-state index < -0.39 is 0 Å². The number of thiazole rings is 1. The van der Waals surface area contributed by atoms with Crippen molar-refractivity contribution in [2.75, 3.05) is 7.11 Å². The molecule has 0 fully saturated rings. The minimum Gasteiger partial charge on any atom is -0.495 e. The molecule has 0 saturated carbocycles. The van der Waals surface area contributed by atoms with E-state index in [2.05, 4.69) is 16.5 Å². The molecule has 5 heteroatoms. The zero-order chi connectivity index (χ0) is 14.7. The first-order valence-corrected chi connectivity index (χ1v) is 7.65. The molecule has 0 atom stereocenters. The number of aromatic nitrogens is 1. The quantitative estimate of drug-likeness (QED) is 0.868. The number of carbonyl (C=O) groups is 1. The molecule has 2 rings (SSSR count). The first kappa shape index (κ1) is 14.8. The number of ether oxygens (including phenoxy) is 1. The van der Waals surface area contributed by atoms with Gasteiger partial charge in [0.2, 0.25) is 0 Å². The molecule has 108 valence electrons. The lowest BCUT2D eigenvalue weighted by Gasteiger charge is -2.07. The van der Waals surface area contributed by atoms with E-state index in [0.29, 0.717) is 0 Å². The van der Waals surface area contributed by atoms with Crippen LogP contribution in [0.5, 0.6) is 5.75 Å². The minimum atomic E-state index is -0.0859. The Bertz CT molecular complexity index is 683. The van der Waals surface area contributed by atoms with Gasteiger partial charge in [-0.1, -0.05) is 38.2 Å². The number of rotatable bonds is 4. The maximum atomic E-state index is 11.9. The van der Waals surface area contributed by atoms with Crippen molar-refractivity contribution in [2.24, 2.45) is 10.9 Å². The molecule has 0 spiro atoms. The lowest BCUT2D eigenvalue weighted by atomic mass is 10.2. The molecule has 0 radical (unpaired) electrons. The van der Waals surface area contributed by atoms with Gasteiger partial charge < -0.3 is 9.30 Å². The molecule has 0 aliphatic heterocycles. The second kappa shape index (κ2) is 6.22. The highest BCUT2D eigenvalue weighted by Crippen LogP contribution is 2.27. The number of benzene rings is 1. The minimum absolute atomic E-state index is 0.0830. The van der Waals surface area contributed by atoms with Crippen molar-refractivity contribution in [3.63, 3.8) is 0 Å². The predicted octanol–water partition coefficient (Wildman–Crippen LogP) is 3.20. The number of carbonyl (C=O) groups excluding carboxylic acids is 1. The van der Waals surface area contributed by atoms with Crippen molar-refractivity contribution < 1.29 is 9.53 Å². The smallest absolute Gasteiger partial charge is 0.250 e. The van der Waals surface area contributed by atoms with E-state index in [4.69, 9.17) is 4.74 Å². The summed E-state index contributed by atoms with van der Waals surface area (Å²) in [6.07, 6.45) is 0.979. The molecule has 1 heterocycles. The first-order valence-electron chi connectivity index (χ1n) is 6.83. The fourth-order valence-electron chi connectivity index (χ4n) is 2.00. The molecular formula is C15H20N2O2S. The summed E-state index contributed by atoms with van der Waals surface area (Å²) >= 11 is 1.53. The Morgan fingerprint density at radius 1 is 1.45 bits per heavy atom. The second-order valence-electron chi connectivity index (χ2n) is 4.95. The van der Waals surface area contributed by atoms with Gasteiger partial charge in [0.05, 0.1) is 11.8 Å². The normalized spacial score (nSPS) is 12.3. The first-order chi connectivity index (χ1) is 9.58. The van der Waals surface area contributed by atoms with Gasteiger partial charge in [0.15, 0.2) is 4.80 Å². The summed E-state index contributed by atoms with van der Waals surface area (Å²) in [5, 5.41) is 0. The molecule has 0 aliphatic carbocycles. The Kier molecular flexibility index (Phi) is 4.60. The fraction of sp³-hybridized carbons (Fsp3) is 0.467. The Labute approximate surface area is 122 Å². The van der Waals surface area contributed by atoms with Crippen molar-refractivity contribution in [1.82, 2.24) is 4.57 Å². The maximum absolute atomic E-state index is 11.9. The van der Waals surface area contributed by atoms with E-state index in [-0.39, 0.29) is 11.8 Å². The summed E-state index contributed by atoms with van der Waals surface area (Å²) in [6, 6.07) is 5.94. The van der Waals surface area contributed by atoms with Crippen molar-refractivity contribution in [3.8, 4) is 5.75 Å². The van der Waals surface area contributed by atoms with Crippen LogP contribution in [0, 0.1) is 5.92 Å². The summed E-state index contributed by atoms with van der Waals surface area (Å²) in [5.41, 5.74) is 1.03. The molecule has 0 aliphatic rings. The molecule has 1 aromatic carbocycles. The average molecular weight is 292 g/mol. The topological polar surface area (TPSA) is 43.6 Å². The number of para-hydroxylation sites is 1. The molecule has 1 aromatic heterocycles. The summed E-state index contributed by atoms with van der Waals surface area (Å²) in [6.45, 7) is 6.67. The Morgan fingerprint density at radius 2 is 2.20 bits per heavy atom. The van der Waals surface area contributed by atoms with Crippen LogP contribution in [0.25, 0.3) is 10.2 Å². The summed E-state index contributed by atoms with van der Waals surface area (Å²) in [5.74, 6) is 0.656. The van der Waals surface area contributed by atoms with Gasteiger partial charge in [-0.25, -0.2) is 0 Å². The van der Waals surface area contributed by atoms with Gasteiger partial charge in [-0.3, -0.25) is 4.79 Å². The van der Waals surface area contributed by atoms with Crippen molar-refractivity contribution in [3.05, 3.63) is 23.0 Å². The van der Waals surface area contributed by atoms with Crippen LogP contribution in [0.15, 0.2) is 23.2 Å². The summed E-state index contributed by atoms with van der Waals surface area (Å²) in [4.78, 5) is 16.9. The lowest BCUT2D eigenvalue weighted by Crippen LogP contribution is -2.18. The summed E-state index contributed by atoms with van der Waals surface area (Å²) in [7, 11) is 1.67. The zero-order valence-electron chi connectivity index (χ0n) is 12.3. The largest absolute Gasteiger partial charge is 0.495 e. The van der Waals surface area contributed by atoms with Gasteiger partial charge >= 0.3 is 0 Å². The molecule has 2 aromatic rings. The van der Waals surface area contributed by atoms with Crippen LogP contribution >= 0.6 is 11.3 Å². The maximum Gasteiger partial charge on any atom is 0.250 e. The molecule has 0 unspecified atom stereocenters. The Hall–Kier alpha value is -1.62. The molecular weight excluding hydrogens is 272 g/mol. The van der Waals surface area contributed by atoms with E-state index in [1.807, 2.05) is 32.0 Å². The predicted molar refractivity (Wildman–Crippen MR) is 82.1 cm³/mol. The number of nitrogens with zero attached hydrogens (tertiary/aromatic N) is 2. The van der Waals surface area contributed by atoms with Crippen molar-refractivity contribution >= 4 is 27.5 Å². The Balaban J connectivity index is 2.72. The zero-order valence-corrected chi connectivity index (χ0v) is 13.2. The van der Waals surface area contributed by atoms with Crippen LogP contribution in [0.3, 0.4) is 0 Å². The third-order valence-corrected chi connectivity index (χ3v) is 4.07. The van der Waals surface area contributed by atoms with E-state index in [1.54, 1.807) is 7.11 Å². The van der Waals surface area contributed by atoms with E-state index in [0.717, 1.165) is 33.7 Å². The molecule has 4 nitrogen and oxygen atoms in total. The van der Waals surface area contributed by atoms with Crippen LogP contribution in [0.4, 0.5) is 0 Å². The van der Waals surface area contributed by atoms with Crippen LogP contribution in [0.2, 0.25) is 0 Å². The highest BCUT2D eigenvalue weighted by Gasteiger charge is 2.12. The monoisotopic (exact) mass is 292 g/mol. The summed E-state index contributed by atoms with van der Waals surface area (Å²) < 4.78 is 8.61. The molecule has 1 amide bonds. The molecule has 0 saturated heterocycles. The highest BCUT2D eigenvalue weighted by atomic mass is 32.1.